The maximum Gasteiger partial charge on any atom is 0.272 e. The minimum absolute atomic E-state index is 0.100. The average molecular weight is 270 g/mol. The van der Waals surface area contributed by atoms with Gasteiger partial charge in [0.15, 0.2) is 12.0 Å². The van der Waals surface area contributed by atoms with Crippen molar-refractivity contribution < 1.29 is 24.9 Å². The molecule has 1 fully saturated rings. The van der Waals surface area contributed by atoms with Gasteiger partial charge in [-0.3, -0.25) is 4.79 Å². The zero-order valence-corrected chi connectivity index (χ0v) is 9.85. The van der Waals surface area contributed by atoms with Crippen LogP contribution in [0.1, 0.15) is 10.5 Å². The van der Waals surface area contributed by atoms with E-state index in [2.05, 4.69) is 15.3 Å². The van der Waals surface area contributed by atoms with E-state index >= 15 is 0 Å². The van der Waals surface area contributed by atoms with E-state index < -0.39 is 31.1 Å². The molecule has 5 N–H and O–H groups in total. The fourth-order valence-corrected chi connectivity index (χ4v) is 2.34. The Balaban J connectivity index is 1.89. The van der Waals surface area contributed by atoms with E-state index in [1.54, 1.807) is 0 Å². The maximum atomic E-state index is 11.6. The minimum atomic E-state index is -1.20. The number of imidazole rings is 1. The molecule has 0 unspecified atom stereocenters. The number of fused-ring (bicyclic) bond motifs is 1. The van der Waals surface area contributed by atoms with Gasteiger partial charge in [-0.1, -0.05) is 0 Å². The summed E-state index contributed by atoms with van der Waals surface area (Å²) in [5.41, 5.74) is 0.268. The third kappa shape index (κ3) is 1.78. The lowest BCUT2D eigenvalue weighted by Crippen LogP contribution is -2.52. The molecule has 19 heavy (non-hydrogen) atoms. The SMILES string of the molecule is O=C1NCN([C@@H]2O[C@H](CO)[C@@H](O)[C@H]2O)c2nc[nH]c21. The van der Waals surface area contributed by atoms with Crippen molar-refractivity contribution in [2.75, 3.05) is 18.2 Å². The Morgan fingerprint density at radius 1 is 1.47 bits per heavy atom. The summed E-state index contributed by atoms with van der Waals surface area (Å²) >= 11 is 0. The number of aliphatic hydroxyl groups excluding tert-OH is 3. The Morgan fingerprint density at radius 3 is 2.95 bits per heavy atom. The van der Waals surface area contributed by atoms with Gasteiger partial charge in [0.05, 0.1) is 19.6 Å². The summed E-state index contributed by atoms with van der Waals surface area (Å²) in [5, 5.41) is 31.4. The fraction of sp³-hybridized carbons (Fsp3) is 0.600. The van der Waals surface area contributed by atoms with Gasteiger partial charge in [-0.2, -0.15) is 0 Å². The second-order valence-electron chi connectivity index (χ2n) is 4.46. The quantitative estimate of drug-likeness (QED) is 0.397. The topological polar surface area (TPSA) is 131 Å². The standard InChI is InChI=1S/C10H14N4O5/c15-1-4-6(16)7(17)10(19-4)14-3-13-9(18)5-8(14)12-2-11-5/h2,4,6-7,10,15-17H,1,3H2,(H,11,12)(H,13,18)/t4-,6-,7-,10-/m1/s1. The predicted molar refractivity (Wildman–Crippen MR) is 61.2 cm³/mol. The smallest absolute Gasteiger partial charge is 0.272 e. The lowest BCUT2D eigenvalue weighted by molar-refractivity contribution is -0.0232. The molecule has 9 heteroatoms. The molecule has 2 aliphatic heterocycles. The molecule has 0 saturated carbocycles. The molecule has 104 valence electrons. The summed E-state index contributed by atoms with van der Waals surface area (Å²) in [6.45, 7) is -0.300. The molecule has 1 saturated heterocycles. The number of ether oxygens (including phenoxy) is 1. The van der Waals surface area contributed by atoms with Crippen LogP contribution in [0.2, 0.25) is 0 Å². The minimum Gasteiger partial charge on any atom is -0.394 e. The van der Waals surface area contributed by atoms with E-state index in [0.717, 1.165) is 0 Å². The number of aromatic amines is 1. The van der Waals surface area contributed by atoms with Gasteiger partial charge in [0.1, 0.15) is 24.0 Å². The molecule has 1 amide bonds. The molecule has 0 spiro atoms. The number of anilines is 1. The first kappa shape index (κ1) is 12.4. The van der Waals surface area contributed by atoms with Crippen molar-refractivity contribution in [3.05, 3.63) is 12.0 Å². The molecular formula is C10H14N4O5. The number of carbonyl (C=O) groups is 1. The summed E-state index contributed by atoms with van der Waals surface area (Å²) in [6.07, 6.45) is -2.76. The van der Waals surface area contributed by atoms with Crippen LogP contribution in [0.3, 0.4) is 0 Å². The van der Waals surface area contributed by atoms with Gasteiger partial charge in [-0.05, 0) is 0 Å². The number of nitrogens with one attached hydrogen (secondary N) is 2. The number of rotatable bonds is 2. The first-order valence-corrected chi connectivity index (χ1v) is 5.84. The molecule has 0 radical (unpaired) electrons. The monoisotopic (exact) mass is 270 g/mol. The zero-order valence-electron chi connectivity index (χ0n) is 9.85. The van der Waals surface area contributed by atoms with Gasteiger partial charge >= 0.3 is 0 Å². The van der Waals surface area contributed by atoms with Crippen LogP contribution in [-0.2, 0) is 4.74 Å². The van der Waals surface area contributed by atoms with Crippen LogP contribution in [0.5, 0.6) is 0 Å². The van der Waals surface area contributed by atoms with Crippen molar-refractivity contribution in [3.63, 3.8) is 0 Å². The maximum absolute atomic E-state index is 11.6. The van der Waals surface area contributed by atoms with Crippen molar-refractivity contribution in [1.82, 2.24) is 15.3 Å². The van der Waals surface area contributed by atoms with Crippen molar-refractivity contribution in [2.45, 2.75) is 24.5 Å². The zero-order chi connectivity index (χ0) is 13.6. The van der Waals surface area contributed by atoms with Gasteiger partial charge < -0.3 is 35.3 Å². The lowest BCUT2D eigenvalue weighted by Gasteiger charge is -2.33. The number of carbonyl (C=O) groups excluding carboxylic acids is 1. The van der Waals surface area contributed by atoms with Crippen molar-refractivity contribution in [1.29, 1.82) is 0 Å². The molecule has 0 aromatic carbocycles. The molecule has 3 heterocycles. The van der Waals surface area contributed by atoms with Gasteiger partial charge in [0, 0.05) is 0 Å². The van der Waals surface area contributed by atoms with Gasteiger partial charge in [0.2, 0.25) is 0 Å². The summed E-state index contributed by atoms with van der Waals surface area (Å²) in [7, 11) is 0. The highest BCUT2D eigenvalue weighted by atomic mass is 16.6. The van der Waals surface area contributed by atoms with E-state index in [4.69, 9.17) is 9.84 Å². The Morgan fingerprint density at radius 2 is 2.26 bits per heavy atom. The van der Waals surface area contributed by atoms with Crippen LogP contribution in [0.25, 0.3) is 0 Å². The van der Waals surface area contributed by atoms with Gasteiger partial charge in [-0.25, -0.2) is 4.98 Å². The molecule has 4 atom stereocenters. The molecule has 0 aliphatic carbocycles. The second-order valence-corrected chi connectivity index (χ2v) is 4.46. The number of H-pyrrole nitrogens is 1. The Hall–Kier alpha value is -1.68. The molecule has 1 aromatic rings. The van der Waals surface area contributed by atoms with E-state index in [9.17, 15) is 15.0 Å². The molecule has 0 bridgehead atoms. The predicted octanol–water partition coefficient (Wildman–Crippen LogP) is -2.64. The van der Waals surface area contributed by atoms with Crippen molar-refractivity contribution >= 4 is 11.7 Å². The van der Waals surface area contributed by atoms with Crippen LogP contribution < -0.4 is 10.2 Å². The summed E-state index contributed by atoms with van der Waals surface area (Å²) in [6, 6.07) is 0. The molecule has 1 aromatic heterocycles. The third-order valence-electron chi connectivity index (χ3n) is 3.35. The molecule has 3 rings (SSSR count). The fourth-order valence-electron chi connectivity index (χ4n) is 2.34. The largest absolute Gasteiger partial charge is 0.394 e. The summed E-state index contributed by atoms with van der Waals surface area (Å²) < 4.78 is 5.41. The number of nitrogens with zero attached hydrogens (tertiary/aromatic N) is 2. The third-order valence-corrected chi connectivity index (χ3v) is 3.35. The van der Waals surface area contributed by atoms with Crippen molar-refractivity contribution in [3.8, 4) is 0 Å². The summed E-state index contributed by atoms with van der Waals surface area (Å²) in [4.78, 5) is 19.8. The Labute approximate surface area is 107 Å². The first-order chi connectivity index (χ1) is 9.13. The molecule has 9 nitrogen and oxygen atoms in total. The normalized spacial score (nSPS) is 34.3. The summed E-state index contributed by atoms with van der Waals surface area (Å²) in [5.74, 6) is 0.0501. The number of amides is 1. The Kier molecular flexibility index (Phi) is 2.90. The van der Waals surface area contributed by atoms with Crippen LogP contribution in [0.4, 0.5) is 5.82 Å². The highest BCUT2D eigenvalue weighted by Crippen LogP contribution is 2.29. The van der Waals surface area contributed by atoms with Gasteiger partial charge in [-0.15, -0.1) is 0 Å². The van der Waals surface area contributed by atoms with E-state index in [-0.39, 0.29) is 18.3 Å². The molecular weight excluding hydrogens is 256 g/mol. The number of aromatic nitrogens is 2. The highest BCUT2D eigenvalue weighted by molar-refractivity contribution is 5.98. The highest BCUT2D eigenvalue weighted by Gasteiger charge is 2.47. The van der Waals surface area contributed by atoms with Crippen LogP contribution in [-0.4, -0.2) is 69.0 Å². The Bertz CT molecular complexity index is 492. The van der Waals surface area contributed by atoms with Crippen LogP contribution in [0, 0.1) is 0 Å². The van der Waals surface area contributed by atoms with Crippen LogP contribution in [0.15, 0.2) is 6.33 Å². The lowest BCUT2D eigenvalue weighted by atomic mass is 10.1. The van der Waals surface area contributed by atoms with E-state index in [1.165, 1.54) is 11.2 Å². The van der Waals surface area contributed by atoms with Crippen LogP contribution >= 0.6 is 0 Å². The average Bonchev–Trinajstić information content (AvgIpc) is 2.99. The first-order valence-electron chi connectivity index (χ1n) is 5.84. The number of hydrogen-bond acceptors (Lipinski definition) is 7. The number of aliphatic hydroxyl groups is 3. The van der Waals surface area contributed by atoms with Crippen molar-refractivity contribution in [2.24, 2.45) is 0 Å². The number of hydrogen-bond donors (Lipinski definition) is 5. The second kappa shape index (κ2) is 4.46. The van der Waals surface area contributed by atoms with E-state index in [0.29, 0.717) is 5.82 Å². The molecule has 2 aliphatic rings. The van der Waals surface area contributed by atoms with E-state index in [1.807, 2.05) is 0 Å². The van der Waals surface area contributed by atoms with Gasteiger partial charge in [0.25, 0.3) is 5.91 Å².